The highest BCUT2D eigenvalue weighted by Crippen LogP contribution is 2.34. The van der Waals surface area contributed by atoms with Gasteiger partial charge >= 0.3 is 0 Å². The number of anilines is 2. The van der Waals surface area contributed by atoms with Crippen molar-refractivity contribution in [1.29, 1.82) is 0 Å². The average Bonchev–Trinajstić information content (AvgIpc) is 3.37. The summed E-state index contributed by atoms with van der Waals surface area (Å²) in [5.74, 6) is -2.56. The van der Waals surface area contributed by atoms with E-state index in [0.29, 0.717) is 23.0 Å². The topological polar surface area (TPSA) is 101 Å². The van der Waals surface area contributed by atoms with E-state index >= 15 is 0 Å². The zero-order chi connectivity index (χ0) is 27.5. The summed E-state index contributed by atoms with van der Waals surface area (Å²) in [6.07, 6.45) is 3.24. The summed E-state index contributed by atoms with van der Waals surface area (Å²) in [4.78, 5) is 51.5. The van der Waals surface area contributed by atoms with E-state index in [9.17, 15) is 28.0 Å². The van der Waals surface area contributed by atoms with Crippen LogP contribution in [0.2, 0.25) is 0 Å². The van der Waals surface area contributed by atoms with Crippen LogP contribution in [0.15, 0.2) is 83.9 Å². The Kier molecular flexibility index (Phi) is 7.24. The van der Waals surface area contributed by atoms with Crippen molar-refractivity contribution in [3.05, 3.63) is 101 Å². The maximum Gasteiger partial charge on any atom is 0.294 e. The van der Waals surface area contributed by atoms with Crippen molar-refractivity contribution in [2.75, 3.05) is 17.2 Å². The van der Waals surface area contributed by atoms with Crippen molar-refractivity contribution in [2.24, 2.45) is 0 Å². The number of nitrogens with one attached hydrogen (secondary N) is 2. The summed E-state index contributed by atoms with van der Waals surface area (Å²) in [6.45, 7) is -0.572. The van der Waals surface area contributed by atoms with Gasteiger partial charge in [0.2, 0.25) is 11.8 Å². The molecule has 1 fully saturated rings. The molecule has 0 saturated carbocycles. The number of fused-ring (bicyclic) bond motifs is 1. The van der Waals surface area contributed by atoms with Gasteiger partial charge < -0.3 is 15.2 Å². The van der Waals surface area contributed by atoms with Crippen LogP contribution in [0.1, 0.15) is 5.56 Å². The summed E-state index contributed by atoms with van der Waals surface area (Å²) in [6, 6.07) is 18.0. The van der Waals surface area contributed by atoms with Crippen LogP contribution >= 0.6 is 11.8 Å². The fraction of sp³-hybridized carbons (Fsp3) is 0.0714. The number of amides is 4. The number of imide groups is 1. The Bertz CT molecular complexity index is 1650. The lowest BCUT2D eigenvalue weighted by atomic mass is 10.1. The molecule has 0 spiro atoms. The quantitative estimate of drug-likeness (QED) is 0.309. The number of carbonyl (C=O) groups is 4. The molecule has 3 aromatic carbocycles. The summed E-state index contributed by atoms with van der Waals surface area (Å²) in [7, 11) is 0. The zero-order valence-corrected chi connectivity index (χ0v) is 21.0. The first-order chi connectivity index (χ1) is 18.8. The second-order valence-electron chi connectivity index (χ2n) is 8.61. The van der Waals surface area contributed by atoms with E-state index in [-0.39, 0.29) is 23.0 Å². The largest absolute Gasteiger partial charge is 0.337 e. The number of halogens is 2. The Labute approximate surface area is 225 Å². The van der Waals surface area contributed by atoms with Crippen molar-refractivity contribution < 1.29 is 28.0 Å². The molecule has 1 saturated heterocycles. The Morgan fingerprint density at radius 3 is 2.31 bits per heavy atom. The van der Waals surface area contributed by atoms with E-state index in [4.69, 9.17) is 0 Å². The van der Waals surface area contributed by atoms with Crippen LogP contribution in [0.25, 0.3) is 17.0 Å². The Hall–Kier alpha value is -4.77. The van der Waals surface area contributed by atoms with Crippen LogP contribution in [-0.2, 0) is 20.9 Å². The molecule has 0 unspecified atom stereocenters. The lowest BCUT2D eigenvalue weighted by Gasteiger charge is -2.12. The fourth-order valence-corrected chi connectivity index (χ4v) is 4.93. The van der Waals surface area contributed by atoms with Crippen LogP contribution in [0, 0.1) is 11.6 Å². The van der Waals surface area contributed by atoms with E-state index in [1.165, 1.54) is 42.5 Å². The van der Waals surface area contributed by atoms with E-state index in [1.54, 1.807) is 16.8 Å². The number of carbonyl (C=O) groups excluding carboxylic acids is 4. The van der Waals surface area contributed by atoms with Crippen LogP contribution < -0.4 is 10.6 Å². The Morgan fingerprint density at radius 2 is 1.54 bits per heavy atom. The average molecular weight is 547 g/mol. The molecule has 2 N–H and O–H groups in total. The molecular formula is C28H20F2N4O4S. The number of nitrogens with zero attached hydrogens (tertiary/aromatic N) is 2. The van der Waals surface area contributed by atoms with Gasteiger partial charge in [-0.3, -0.25) is 24.1 Å². The SMILES string of the molecule is O=C(CN1C(=O)S/C(=C/c2cn(CC(=O)Nc3ccc(F)cc3)c3ccccc23)C1=O)Nc1cccc(F)c1. The summed E-state index contributed by atoms with van der Waals surface area (Å²) in [5.41, 5.74) is 1.99. The molecule has 0 bridgehead atoms. The summed E-state index contributed by atoms with van der Waals surface area (Å²) < 4.78 is 28.2. The van der Waals surface area contributed by atoms with E-state index in [0.717, 1.165) is 21.9 Å². The first-order valence-corrected chi connectivity index (χ1v) is 12.5. The molecule has 196 valence electrons. The number of thioether (sulfide) groups is 1. The predicted octanol–water partition coefficient (Wildman–Crippen LogP) is 5.23. The van der Waals surface area contributed by atoms with Gasteiger partial charge in [0, 0.05) is 34.0 Å². The summed E-state index contributed by atoms with van der Waals surface area (Å²) >= 11 is 0.701. The van der Waals surface area contributed by atoms with Crippen LogP contribution in [0.4, 0.5) is 25.0 Å². The minimum absolute atomic E-state index is 0.0482. The molecule has 0 radical (unpaired) electrons. The van der Waals surface area contributed by atoms with Gasteiger partial charge in [0.1, 0.15) is 24.7 Å². The third-order valence-electron chi connectivity index (χ3n) is 5.83. The number of benzene rings is 3. The molecule has 1 aromatic heterocycles. The lowest BCUT2D eigenvalue weighted by Crippen LogP contribution is -2.36. The van der Waals surface area contributed by atoms with Gasteiger partial charge in [-0.1, -0.05) is 24.3 Å². The predicted molar refractivity (Wildman–Crippen MR) is 145 cm³/mol. The smallest absolute Gasteiger partial charge is 0.294 e. The maximum atomic E-state index is 13.4. The molecule has 5 rings (SSSR count). The van der Waals surface area contributed by atoms with Crippen LogP contribution in [-0.4, -0.2) is 39.0 Å². The second kappa shape index (κ2) is 10.9. The monoisotopic (exact) mass is 546 g/mol. The van der Waals surface area contributed by atoms with Crippen LogP contribution in [0.3, 0.4) is 0 Å². The number of hydrogen-bond acceptors (Lipinski definition) is 5. The van der Waals surface area contributed by atoms with Gasteiger partial charge in [0.25, 0.3) is 11.1 Å². The molecule has 2 heterocycles. The second-order valence-corrected chi connectivity index (χ2v) is 9.60. The molecule has 1 aliphatic rings. The highest BCUT2D eigenvalue weighted by Gasteiger charge is 2.36. The van der Waals surface area contributed by atoms with Crippen molar-refractivity contribution >= 4 is 63.1 Å². The van der Waals surface area contributed by atoms with Gasteiger partial charge in [-0.05, 0) is 66.4 Å². The first-order valence-electron chi connectivity index (χ1n) is 11.7. The van der Waals surface area contributed by atoms with Crippen molar-refractivity contribution in [1.82, 2.24) is 9.47 Å². The Balaban J connectivity index is 1.33. The maximum absolute atomic E-state index is 13.4. The number of aromatic nitrogens is 1. The lowest BCUT2D eigenvalue weighted by molar-refractivity contribution is -0.127. The minimum Gasteiger partial charge on any atom is -0.337 e. The molecular weight excluding hydrogens is 526 g/mol. The van der Waals surface area contributed by atoms with Crippen molar-refractivity contribution in [2.45, 2.75) is 6.54 Å². The molecule has 11 heteroatoms. The Morgan fingerprint density at radius 1 is 0.821 bits per heavy atom. The van der Waals surface area contributed by atoms with Crippen LogP contribution in [0.5, 0.6) is 0 Å². The van der Waals surface area contributed by atoms with Gasteiger partial charge in [0.05, 0.1) is 4.91 Å². The standard InChI is InChI=1S/C28H20F2N4O4S/c29-18-8-10-20(11-9-18)31-25(35)15-33-14-17(22-6-1-2-7-23(22)33)12-24-27(37)34(28(38)39-24)16-26(36)32-21-5-3-4-19(30)13-21/h1-14H,15-16H2,(H,31,35)(H,32,36)/b24-12+. The molecule has 1 aliphatic heterocycles. The highest BCUT2D eigenvalue weighted by atomic mass is 32.2. The zero-order valence-electron chi connectivity index (χ0n) is 20.2. The summed E-state index contributed by atoms with van der Waals surface area (Å²) in [5, 5.41) is 5.32. The van der Waals surface area contributed by atoms with Gasteiger partial charge in [-0.15, -0.1) is 0 Å². The number of para-hydroxylation sites is 1. The van der Waals surface area contributed by atoms with Crippen molar-refractivity contribution in [3.63, 3.8) is 0 Å². The molecule has 0 aliphatic carbocycles. The highest BCUT2D eigenvalue weighted by molar-refractivity contribution is 8.18. The molecule has 4 amide bonds. The third kappa shape index (κ3) is 5.88. The van der Waals surface area contributed by atoms with Gasteiger partial charge in [-0.25, -0.2) is 8.78 Å². The molecule has 39 heavy (non-hydrogen) atoms. The first kappa shape index (κ1) is 25.9. The number of rotatable bonds is 7. The van der Waals surface area contributed by atoms with Gasteiger partial charge in [0.15, 0.2) is 0 Å². The van der Waals surface area contributed by atoms with E-state index < -0.39 is 35.2 Å². The third-order valence-corrected chi connectivity index (χ3v) is 6.74. The number of hydrogen-bond donors (Lipinski definition) is 2. The fourth-order valence-electron chi connectivity index (χ4n) is 4.10. The van der Waals surface area contributed by atoms with E-state index in [1.807, 2.05) is 24.3 Å². The molecule has 0 atom stereocenters. The normalized spacial score (nSPS) is 14.3. The minimum atomic E-state index is -0.645. The van der Waals surface area contributed by atoms with Crippen molar-refractivity contribution in [3.8, 4) is 0 Å². The molecule has 8 nitrogen and oxygen atoms in total. The van der Waals surface area contributed by atoms with E-state index in [2.05, 4.69) is 10.6 Å². The van der Waals surface area contributed by atoms with Gasteiger partial charge in [-0.2, -0.15) is 0 Å². The molecule has 4 aromatic rings.